The second-order valence-corrected chi connectivity index (χ2v) is 6.03. The van der Waals surface area contributed by atoms with E-state index in [0.717, 1.165) is 32.5 Å². The summed E-state index contributed by atoms with van der Waals surface area (Å²) in [7, 11) is 0. The molecule has 1 N–H and O–H groups in total. The van der Waals surface area contributed by atoms with Crippen LogP contribution in [-0.2, 0) is 13.0 Å². The van der Waals surface area contributed by atoms with Crippen LogP contribution >= 0.6 is 0 Å². The first-order valence-corrected chi connectivity index (χ1v) is 7.69. The molecule has 19 heavy (non-hydrogen) atoms. The Morgan fingerprint density at radius 1 is 1.37 bits per heavy atom. The van der Waals surface area contributed by atoms with Gasteiger partial charge in [0.25, 0.3) is 0 Å². The molecule has 2 atom stereocenters. The third-order valence-electron chi connectivity index (χ3n) is 4.80. The third kappa shape index (κ3) is 2.56. The van der Waals surface area contributed by atoms with Gasteiger partial charge >= 0.3 is 0 Å². The van der Waals surface area contributed by atoms with Gasteiger partial charge in [-0.2, -0.15) is 0 Å². The van der Waals surface area contributed by atoms with Crippen molar-refractivity contribution in [1.29, 1.82) is 0 Å². The van der Waals surface area contributed by atoms with Crippen molar-refractivity contribution < 1.29 is 5.11 Å². The zero-order chi connectivity index (χ0) is 13.2. The fourth-order valence-corrected chi connectivity index (χ4v) is 3.59. The number of rotatable bonds is 3. The number of aliphatic hydroxyl groups excluding tert-OH is 1. The molecule has 1 fully saturated rings. The SMILES string of the molecule is CCN1CCCC(c2ncc3n2CCC(CO)C3)C1. The molecular formula is C15H25N3O. The Bertz CT molecular complexity index is 429. The van der Waals surface area contributed by atoms with Crippen molar-refractivity contribution in [2.24, 2.45) is 5.92 Å². The van der Waals surface area contributed by atoms with Gasteiger partial charge in [0.05, 0.1) is 0 Å². The third-order valence-corrected chi connectivity index (χ3v) is 4.80. The Kier molecular flexibility index (Phi) is 3.89. The van der Waals surface area contributed by atoms with Crippen LogP contribution in [-0.4, -0.2) is 45.8 Å². The van der Waals surface area contributed by atoms with Crippen molar-refractivity contribution in [3.05, 3.63) is 17.7 Å². The molecule has 4 nitrogen and oxygen atoms in total. The van der Waals surface area contributed by atoms with E-state index in [0.29, 0.717) is 18.4 Å². The molecule has 1 aromatic rings. The maximum Gasteiger partial charge on any atom is 0.113 e. The van der Waals surface area contributed by atoms with Gasteiger partial charge in [0.1, 0.15) is 5.82 Å². The molecule has 0 aliphatic carbocycles. The number of hydrogen-bond acceptors (Lipinski definition) is 3. The fourth-order valence-electron chi connectivity index (χ4n) is 3.59. The summed E-state index contributed by atoms with van der Waals surface area (Å²) in [6.07, 6.45) is 6.70. The minimum absolute atomic E-state index is 0.313. The molecule has 106 valence electrons. The lowest BCUT2D eigenvalue weighted by Crippen LogP contribution is -2.35. The predicted molar refractivity (Wildman–Crippen MR) is 75.2 cm³/mol. The van der Waals surface area contributed by atoms with E-state index < -0.39 is 0 Å². The van der Waals surface area contributed by atoms with Gasteiger partial charge in [0, 0.05) is 37.5 Å². The van der Waals surface area contributed by atoms with Crippen molar-refractivity contribution in [1.82, 2.24) is 14.5 Å². The molecule has 3 heterocycles. The molecule has 4 heteroatoms. The lowest BCUT2D eigenvalue weighted by Gasteiger charge is -2.33. The Balaban J connectivity index is 1.77. The number of imidazole rings is 1. The Hall–Kier alpha value is -0.870. The molecule has 0 spiro atoms. The molecule has 1 saturated heterocycles. The molecular weight excluding hydrogens is 238 g/mol. The normalized spacial score (nSPS) is 28.3. The van der Waals surface area contributed by atoms with E-state index in [1.165, 1.54) is 30.9 Å². The Labute approximate surface area is 115 Å². The maximum atomic E-state index is 9.30. The first-order valence-electron chi connectivity index (χ1n) is 7.69. The minimum atomic E-state index is 0.313. The highest BCUT2D eigenvalue weighted by Gasteiger charge is 2.27. The van der Waals surface area contributed by atoms with Crippen molar-refractivity contribution >= 4 is 0 Å². The van der Waals surface area contributed by atoms with E-state index in [9.17, 15) is 5.11 Å². The van der Waals surface area contributed by atoms with Crippen LogP contribution in [0.2, 0.25) is 0 Å². The molecule has 3 rings (SSSR count). The van der Waals surface area contributed by atoms with E-state index >= 15 is 0 Å². The molecule has 2 aliphatic rings. The Morgan fingerprint density at radius 3 is 3.05 bits per heavy atom. The highest BCUT2D eigenvalue weighted by Crippen LogP contribution is 2.30. The van der Waals surface area contributed by atoms with Crippen LogP contribution < -0.4 is 0 Å². The van der Waals surface area contributed by atoms with Gasteiger partial charge in [-0.25, -0.2) is 4.98 Å². The summed E-state index contributed by atoms with van der Waals surface area (Å²) in [5.74, 6) is 2.34. The van der Waals surface area contributed by atoms with Gasteiger partial charge in [-0.3, -0.25) is 0 Å². The number of aromatic nitrogens is 2. The average molecular weight is 263 g/mol. The number of nitrogens with zero attached hydrogens (tertiary/aromatic N) is 3. The van der Waals surface area contributed by atoms with Crippen LogP contribution in [0.25, 0.3) is 0 Å². The van der Waals surface area contributed by atoms with Crippen molar-refractivity contribution in [3.8, 4) is 0 Å². The number of fused-ring (bicyclic) bond motifs is 1. The molecule has 0 radical (unpaired) electrons. The predicted octanol–water partition coefficient (Wildman–Crippen LogP) is 1.64. The number of aliphatic hydroxyl groups is 1. The summed E-state index contributed by atoms with van der Waals surface area (Å²) >= 11 is 0. The average Bonchev–Trinajstić information content (AvgIpc) is 2.90. The highest BCUT2D eigenvalue weighted by atomic mass is 16.3. The molecule has 0 amide bonds. The second kappa shape index (κ2) is 5.63. The summed E-state index contributed by atoms with van der Waals surface area (Å²) < 4.78 is 2.43. The van der Waals surface area contributed by atoms with Gasteiger partial charge in [-0.05, 0) is 44.7 Å². The summed E-state index contributed by atoms with van der Waals surface area (Å²) in [5.41, 5.74) is 1.33. The van der Waals surface area contributed by atoms with Crippen LogP contribution in [0.5, 0.6) is 0 Å². The van der Waals surface area contributed by atoms with Crippen LogP contribution in [0.4, 0.5) is 0 Å². The number of hydrogen-bond donors (Lipinski definition) is 1. The molecule has 0 aromatic carbocycles. The number of likely N-dealkylation sites (N-methyl/N-ethyl adjacent to an activating group) is 1. The van der Waals surface area contributed by atoms with Crippen molar-refractivity contribution in [2.75, 3.05) is 26.2 Å². The van der Waals surface area contributed by atoms with E-state index in [1.54, 1.807) is 0 Å². The standard InChI is InChI=1S/C15H25N3O/c1-2-17-6-3-4-13(10-17)15-16-9-14-8-12(11-19)5-7-18(14)15/h9,12-13,19H,2-8,10-11H2,1H3. The second-order valence-electron chi connectivity index (χ2n) is 6.03. The monoisotopic (exact) mass is 263 g/mol. The van der Waals surface area contributed by atoms with E-state index in [4.69, 9.17) is 4.98 Å². The van der Waals surface area contributed by atoms with E-state index in [2.05, 4.69) is 16.4 Å². The summed E-state index contributed by atoms with van der Waals surface area (Å²) in [6, 6.07) is 0. The van der Waals surface area contributed by atoms with Crippen molar-refractivity contribution in [2.45, 2.75) is 45.1 Å². The van der Waals surface area contributed by atoms with E-state index in [1.807, 2.05) is 6.20 Å². The lowest BCUT2D eigenvalue weighted by atomic mass is 9.94. The molecule has 0 saturated carbocycles. The van der Waals surface area contributed by atoms with Crippen LogP contribution in [0.1, 0.15) is 43.6 Å². The molecule has 0 bridgehead atoms. The van der Waals surface area contributed by atoms with E-state index in [-0.39, 0.29) is 0 Å². The first kappa shape index (κ1) is 13.1. The summed E-state index contributed by atoms with van der Waals surface area (Å²) in [5, 5.41) is 9.30. The minimum Gasteiger partial charge on any atom is -0.396 e. The van der Waals surface area contributed by atoms with Gasteiger partial charge < -0.3 is 14.6 Å². The van der Waals surface area contributed by atoms with Crippen LogP contribution in [0, 0.1) is 5.92 Å². The Morgan fingerprint density at radius 2 is 2.26 bits per heavy atom. The molecule has 2 unspecified atom stereocenters. The molecule has 2 aliphatic heterocycles. The summed E-state index contributed by atoms with van der Waals surface area (Å²) in [4.78, 5) is 7.25. The zero-order valence-electron chi connectivity index (χ0n) is 11.9. The largest absolute Gasteiger partial charge is 0.396 e. The van der Waals surface area contributed by atoms with Gasteiger partial charge in [0.15, 0.2) is 0 Å². The maximum absolute atomic E-state index is 9.30. The van der Waals surface area contributed by atoms with Gasteiger partial charge in [-0.15, -0.1) is 0 Å². The summed E-state index contributed by atoms with van der Waals surface area (Å²) in [6.45, 7) is 7.15. The lowest BCUT2D eigenvalue weighted by molar-refractivity contribution is 0.193. The quantitative estimate of drug-likeness (QED) is 0.901. The smallest absolute Gasteiger partial charge is 0.113 e. The van der Waals surface area contributed by atoms with Crippen LogP contribution in [0.15, 0.2) is 6.20 Å². The number of piperidine rings is 1. The number of likely N-dealkylation sites (tertiary alicyclic amines) is 1. The highest BCUT2D eigenvalue weighted by molar-refractivity contribution is 5.13. The van der Waals surface area contributed by atoms with Gasteiger partial charge in [-0.1, -0.05) is 6.92 Å². The zero-order valence-corrected chi connectivity index (χ0v) is 11.9. The molecule has 1 aromatic heterocycles. The van der Waals surface area contributed by atoms with Crippen molar-refractivity contribution in [3.63, 3.8) is 0 Å². The topological polar surface area (TPSA) is 41.3 Å². The fraction of sp³-hybridized carbons (Fsp3) is 0.800. The van der Waals surface area contributed by atoms with Gasteiger partial charge in [0.2, 0.25) is 0 Å². The first-order chi connectivity index (χ1) is 9.31. The van der Waals surface area contributed by atoms with Crippen LogP contribution in [0.3, 0.4) is 0 Å².